The maximum atomic E-state index is 13.0. The zero-order chi connectivity index (χ0) is 19.9. The molecule has 2 aromatic carbocycles. The second-order valence-electron chi connectivity index (χ2n) is 6.34. The highest BCUT2D eigenvalue weighted by atomic mass is 35.5. The Labute approximate surface area is 187 Å². The molecule has 0 aliphatic carbocycles. The van der Waals surface area contributed by atoms with E-state index in [0.717, 1.165) is 40.5 Å². The Hall–Kier alpha value is -1.92. The molecule has 0 saturated heterocycles. The molecule has 154 valence electrons. The highest BCUT2D eigenvalue weighted by Gasteiger charge is 2.18. The number of amides is 1. The Morgan fingerprint density at radius 3 is 2.45 bits per heavy atom. The van der Waals surface area contributed by atoms with Crippen LogP contribution in [0.15, 0.2) is 54.6 Å². The smallest absolute Gasteiger partial charge is 0.252 e. The summed E-state index contributed by atoms with van der Waals surface area (Å²) in [5.74, 6) is -0.0915. The van der Waals surface area contributed by atoms with Crippen LogP contribution in [0.25, 0.3) is 16.3 Å². The minimum atomic E-state index is -0.0915. The number of aromatic nitrogens is 1. The highest BCUT2D eigenvalue weighted by Crippen LogP contribution is 2.29. The van der Waals surface area contributed by atoms with Crippen molar-refractivity contribution in [2.24, 2.45) is 0 Å². The molecular weight excluding hydrogens is 425 g/mol. The number of fused-ring (bicyclic) bond motifs is 1. The summed E-state index contributed by atoms with van der Waals surface area (Å²) in [4.78, 5) is 21.8. The van der Waals surface area contributed by atoms with Crippen LogP contribution in [0.1, 0.15) is 19.4 Å². The number of hydrogen-bond donors (Lipinski definition) is 0. The van der Waals surface area contributed by atoms with Crippen molar-refractivity contribution in [3.8, 4) is 0 Å². The molecule has 1 heterocycles. The lowest BCUT2D eigenvalue weighted by Gasteiger charge is -2.23. The van der Waals surface area contributed by atoms with Crippen molar-refractivity contribution in [2.45, 2.75) is 13.8 Å². The van der Waals surface area contributed by atoms with Gasteiger partial charge in [-0.3, -0.25) is 9.69 Å². The van der Waals surface area contributed by atoms with Gasteiger partial charge in [-0.2, -0.15) is 0 Å². The Balaban J connectivity index is 0.00000300. The van der Waals surface area contributed by atoms with Gasteiger partial charge in [0.1, 0.15) is 0 Å². The van der Waals surface area contributed by atoms with Crippen LogP contribution in [0, 0.1) is 0 Å². The fourth-order valence-electron chi connectivity index (χ4n) is 2.92. The number of hydrogen-bond acceptors (Lipinski definition) is 4. The first-order valence-corrected chi connectivity index (χ1v) is 10.6. The standard InChI is InChI=1S/C22H24ClN3OS.ClH/c1-3-25(4-2)15-16-26(22-24-19-11-7-8-12-20(19)28-22)21(27)14-13-17-9-5-6-10-18(17)23;/h5-14H,3-4,15-16H2,1-2H3;1H. The molecule has 0 spiro atoms. The van der Waals surface area contributed by atoms with E-state index in [1.54, 1.807) is 28.4 Å². The molecule has 1 amide bonds. The summed E-state index contributed by atoms with van der Waals surface area (Å²) in [6.07, 6.45) is 3.35. The van der Waals surface area contributed by atoms with Crippen LogP contribution in [0.4, 0.5) is 5.13 Å². The summed E-state index contributed by atoms with van der Waals surface area (Å²) in [5, 5.41) is 1.35. The van der Waals surface area contributed by atoms with Gasteiger partial charge in [-0.25, -0.2) is 4.98 Å². The normalized spacial score (nSPS) is 11.2. The van der Waals surface area contributed by atoms with E-state index in [9.17, 15) is 4.79 Å². The van der Waals surface area contributed by atoms with Crippen LogP contribution in [-0.2, 0) is 4.79 Å². The predicted molar refractivity (Wildman–Crippen MR) is 127 cm³/mol. The van der Waals surface area contributed by atoms with Gasteiger partial charge in [-0.1, -0.05) is 67.1 Å². The Morgan fingerprint density at radius 2 is 1.76 bits per heavy atom. The maximum Gasteiger partial charge on any atom is 0.252 e. The fraction of sp³-hybridized carbons (Fsp3) is 0.273. The number of nitrogens with zero attached hydrogens (tertiary/aromatic N) is 3. The lowest BCUT2D eigenvalue weighted by atomic mass is 10.2. The van der Waals surface area contributed by atoms with Gasteiger partial charge in [-0.15, -0.1) is 12.4 Å². The van der Waals surface area contributed by atoms with Crippen molar-refractivity contribution < 1.29 is 4.79 Å². The lowest BCUT2D eigenvalue weighted by Crippen LogP contribution is -2.38. The molecule has 3 rings (SSSR count). The molecule has 4 nitrogen and oxygen atoms in total. The molecule has 0 atom stereocenters. The number of para-hydroxylation sites is 1. The minimum absolute atomic E-state index is 0. The third-order valence-corrected chi connectivity index (χ3v) is 6.03. The van der Waals surface area contributed by atoms with Crippen LogP contribution in [-0.4, -0.2) is 42.0 Å². The monoisotopic (exact) mass is 449 g/mol. The van der Waals surface area contributed by atoms with Gasteiger partial charge in [0.15, 0.2) is 5.13 Å². The highest BCUT2D eigenvalue weighted by molar-refractivity contribution is 7.22. The van der Waals surface area contributed by atoms with Crippen molar-refractivity contribution in [3.63, 3.8) is 0 Å². The maximum absolute atomic E-state index is 13.0. The molecule has 0 unspecified atom stereocenters. The van der Waals surface area contributed by atoms with Crippen LogP contribution >= 0.6 is 35.3 Å². The van der Waals surface area contributed by atoms with Gasteiger partial charge in [0, 0.05) is 24.2 Å². The summed E-state index contributed by atoms with van der Waals surface area (Å²) in [5.41, 5.74) is 1.74. The molecule has 0 fully saturated rings. The molecule has 29 heavy (non-hydrogen) atoms. The molecule has 0 N–H and O–H groups in total. The minimum Gasteiger partial charge on any atom is -0.302 e. The Kier molecular flexibility index (Phi) is 9.11. The van der Waals surface area contributed by atoms with Crippen molar-refractivity contribution in [2.75, 3.05) is 31.1 Å². The number of benzene rings is 2. The third-order valence-electron chi connectivity index (χ3n) is 4.62. The number of thiazole rings is 1. The zero-order valence-corrected chi connectivity index (χ0v) is 18.9. The molecule has 0 radical (unpaired) electrons. The number of rotatable bonds is 8. The van der Waals surface area contributed by atoms with Gasteiger partial charge in [0.05, 0.1) is 10.2 Å². The molecule has 1 aromatic heterocycles. The summed E-state index contributed by atoms with van der Waals surface area (Å²) in [6, 6.07) is 15.4. The lowest BCUT2D eigenvalue weighted by molar-refractivity contribution is -0.114. The number of anilines is 1. The number of likely N-dealkylation sites (N-methyl/N-ethyl adjacent to an activating group) is 1. The Morgan fingerprint density at radius 1 is 1.07 bits per heavy atom. The van der Waals surface area contributed by atoms with Gasteiger partial charge in [0.2, 0.25) is 0 Å². The Bertz CT molecular complexity index is 936. The third kappa shape index (κ3) is 6.03. The van der Waals surface area contributed by atoms with Gasteiger partial charge in [-0.05, 0) is 42.9 Å². The first kappa shape index (κ1) is 23.4. The first-order valence-electron chi connectivity index (χ1n) is 9.44. The van der Waals surface area contributed by atoms with Crippen LogP contribution in [0.2, 0.25) is 5.02 Å². The van der Waals surface area contributed by atoms with E-state index in [2.05, 4.69) is 23.7 Å². The number of carbonyl (C=O) groups is 1. The van der Waals surface area contributed by atoms with Crippen LogP contribution in [0.5, 0.6) is 0 Å². The second-order valence-corrected chi connectivity index (χ2v) is 7.75. The van der Waals surface area contributed by atoms with Gasteiger partial charge >= 0.3 is 0 Å². The molecule has 0 aliphatic heterocycles. The molecule has 0 saturated carbocycles. The van der Waals surface area contributed by atoms with Crippen molar-refractivity contribution in [1.29, 1.82) is 0 Å². The van der Waals surface area contributed by atoms with E-state index < -0.39 is 0 Å². The number of carbonyl (C=O) groups excluding carboxylic acids is 1. The predicted octanol–water partition coefficient (Wildman–Crippen LogP) is 5.76. The van der Waals surface area contributed by atoms with E-state index in [-0.39, 0.29) is 18.3 Å². The van der Waals surface area contributed by atoms with E-state index in [0.29, 0.717) is 11.6 Å². The van der Waals surface area contributed by atoms with Gasteiger partial charge in [0.25, 0.3) is 5.91 Å². The first-order chi connectivity index (χ1) is 13.6. The summed E-state index contributed by atoms with van der Waals surface area (Å²) in [6.45, 7) is 7.55. The molecule has 0 aliphatic rings. The van der Waals surface area contributed by atoms with Gasteiger partial charge < -0.3 is 4.90 Å². The van der Waals surface area contributed by atoms with E-state index >= 15 is 0 Å². The molecular formula is C22H25Cl2N3OS. The summed E-state index contributed by atoms with van der Waals surface area (Å²) < 4.78 is 1.08. The van der Waals surface area contributed by atoms with Crippen LogP contribution in [0.3, 0.4) is 0 Å². The van der Waals surface area contributed by atoms with E-state index in [1.165, 1.54) is 0 Å². The zero-order valence-electron chi connectivity index (χ0n) is 16.5. The van der Waals surface area contributed by atoms with Crippen molar-refractivity contribution in [1.82, 2.24) is 9.88 Å². The second kappa shape index (κ2) is 11.3. The average molecular weight is 450 g/mol. The van der Waals surface area contributed by atoms with E-state index in [1.807, 2.05) is 48.5 Å². The largest absolute Gasteiger partial charge is 0.302 e. The van der Waals surface area contributed by atoms with Crippen molar-refractivity contribution in [3.05, 3.63) is 65.2 Å². The molecule has 0 bridgehead atoms. The van der Waals surface area contributed by atoms with E-state index in [4.69, 9.17) is 11.6 Å². The van der Waals surface area contributed by atoms with Crippen molar-refractivity contribution >= 4 is 62.7 Å². The SMILES string of the molecule is CCN(CC)CCN(C(=O)C=Cc1ccccc1Cl)c1nc2ccccc2s1.Cl. The summed E-state index contributed by atoms with van der Waals surface area (Å²) >= 11 is 7.75. The summed E-state index contributed by atoms with van der Waals surface area (Å²) in [7, 11) is 0. The number of halogens is 2. The van der Waals surface area contributed by atoms with Crippen LogP contribution < -0.4 is 4.90 Å². The quantitative estimate of drug-likeness (QED) is 0.410. The molecule has 7 heteroatoms. The fourth-order valence-corrected chi connectivity index (χ4v) is 4.11. The average Bonchev–Trinajstić information content (AvgIpc) is 3.14. The molecule has 3 aromatic rings. The topological polar surface area (TPSA) is 36.4 Å².